The lowest BCUT2D eigenvalue weighted by molar-refractivity contribution is 0.314. The fourth-order valence-corrected chi connectivity index (χ4v) is 3.82. The van der Waals surface area contributed by atoms with Gasteiger partial charge in [0.15, 0.2) is 5.03 Å². The van der Waals surface area contributed by atoms with Gasteiger partial charge in [-0.25, -0.2) is 18.1 Å². The van der Waals surface area contributed by atoms with Gasteiger partial charge in [-0.05, 0) is 31.7 Å². The molecule has 2 aliphatic rings. The average Bonchev–Trinajstić information content (AvgIpc) is 2.99. The normalized spacial score (nSPS) is 24.4. The minimum atomic E-state index is -3.45. The molecule has 0 amide bonds. The predicted octanol–water partition coefficient (Wildman–Crippen LogP) is 0.735. The molecule has 1 aromatic heterocycles. The van der Waals surface area contributed by atoms with Crippen molar-refractivity contribution in [3.8, 4) is 0 Å². The van der Waals surface area contributed by atoms with Gasteiger partial charge < -0.3 is 9.88 Å². The first-order chi connectivity index (χ1) is 9.58. The molecular formula is C13H22N4O2S. The number of nitrogens with one attached hydrogen (secondary N) is 2. The second-order valence-corrected chi connectivity index (χ2v) is 7.52. The largest absolute Gasteiger partial charge is 0.332 e. The van der Waals surface area contributed by atoms with Gasteiger partial charge in [0.25, 0.3) is 10.0 Å². The Morgan fingerprint density at radius 3 is 2.90 bits per heavy atom. The van der Waals surface area contributed by atoms with Gasteiger partial charge >= 0.3 is 0 Å². The fraction of sp³-hybridized carbons (Fsp3) is 0.769. The van der Waals surface area contributed by atoms with E-state index in [9.17, 15) is 8.42 Å². The lowest BCUT2D eigenvalue weighted by Crippen LogP contribution is -2.31. The highest BCUT2D eigenvalue weighted by Gasteiger charge is 2.34. The lowest BCUT2D eigenvalue weighted by Gasteiger charge is -2.14. The molecule has 6 nitrogen and oxygen atoms in total. The highest BCUT2D eigenvalue weighted by atomic mass is 32.2. The summed E-state index contributed by atoms with van der Waals surface area (Å²) in [5, 5.41) is 0.173. The van der Waals surface area contributed by atoms with Crippen molar-refractivity contribution in [3.05, 3.63) is 12.0 Å². The second kappa shape index (κ2) is 5.46. The van der Waals surface area contributed by atoms with E-state index >= 15 is 0 Å². The minimum Gasteiger partial charge on any atom is -0.332 e. The fourth-order valence-electron chi connectivity index (χ4n) is 2.77. The minimum absolute atomic E-state index is 0.173. The van der Waals surface area contributed by atoms with Crippen LogP contribution in [0.2, 0.25) is 0 Å². The molecule has 0 radical (unpaired) electrons. The van der Waals surface area contributed by atoms with Crippen LogP contribution in [-0.2, 0) is 16.4 Å². The number of aromatic amines is 1. The maximum atomic E-state index is 12.1. The van der Waals surface area contributed by atoms with Gasteiger partial charge in [-0.15, -0.1) is 0 Å². The standard InChI is InChI=1S/C13H22N4O2S/c1-2-12-14-8-13(16-12)20(18,19)15-7-10-5-6-17(9-10)11-3-4-11/h8,10-11,15H,2-7,9H2,1H3,(H,14,16)/t10-/m1/s1. The number of aromatic nitrogens is 2. The molecule has 2 N–H and O–H groups in total. The number of hydrogen-bond donors (Lipinski definition) is 2. The van der Waals surface area contributed by atoms with Crippen LogP contribution in [-0.4, -0.2) is 49.0 Å². The molecule has 3 rings (SSSR count). The van der Waals surface area contributed by atoms with Crippen molar-refractivity contribution in [1.82, 2.24) is 19.6 Å². The smallest absolute Gasteiger partial charge is 0.257 e. The SMILES string of the molecule is CCc1ncc(S(=O)(=O)NC[C@H]2CCN(C3CC3)C2)[nH]1. The monoisotopic (exact) mass is 298 g/mol. The van der Waals surface area contributed by atoms with Gasteiger partial charge in [0.1, 0.15) is 5.82 Å². The van der Waals surface area contributed by atoms with Crippen molar-refractivity contribution in [2.75, 3.05) is 19.6 Å². The Bertz CT molecular complexity index is 565. The molecule has 2 heterocycles. The van der Waals surface area contributed by atoms with Gasteiger partial charge in [-0.2, -0.15) is 0 Å². The highest BCUT2D eigenvalue weighted by molar-refractivity contribution is 7.89. The molecular weight excluding hydrogens is 276 g/mol. The summed E-state index contributed by atoms with van der Waals surface area (Å²) < 4.78 is 27.0. The first-order valence-corrected chi connectivity index (χ1v) is 8.84. The van der Waals surface area contributed by atoms with Crippen LogP contribution in [0.1, 0.15) is 32.0 Å². The molecule has 0 aromatic carbocycles. The highest BCUT2D eigenvalue weighted by Crippen LogP contribution is 2.31. The van der Waals surface area contributed by atoms with Gasteiger partial charge in [0.05, 0.1) is 6.20 Å². The molecule has 1 atom stereocenters. The van der Waals surface area contributed by atoms with E-state index in [0.29, 0.717) is 24.7 Å². The Labute approximate surface area is 120 Å². The lowest BCUT2D eigenvalue weighted by atomic mass is 10.1. The molecule has 1 aliphatic carbocycles. The third-order valence-electron chi connectivity index (χ3n) is 4.17. The van der Waals surface area contributed by atoms with E-state index in [-0.39, 0.29) is 5.03 Å². The van der Waals surface area contributed by atoms with Crippen molar-refractivity contribution >= 4 is 10.0 Å². The average molecular weight is 298 g/mol. The number of hydrogen-bond acceptors (Lipinski definition) is 4. The van der Waals surface area contributed by atoms with Crippen LogP contribution >= 0.6 is 0 Å². The maximum Gasteiger partial charge on any atom is 0.257 e. The molecule has 0 bridgehead atoms. The molecule has 1 aromatic rings. The molecule has 1 aliphatic heterocycles. The molecule has 20 heavy (non-hydrogen) atoms. The number of rotatable bonds is 6. The first-order valence-electron chi connectivity index (χ1n) is 7.36. The summed E-state index contributed by atoms with van der Waals surface area (Å²) in [4.78, 5) is 9.38. The summed E-state index contributed by atoms with van der Waals surface area (Å²) in [6.07, 6.45) is 5.81. The van der Waals surface area contributed by atoms with Gasteiger partial charge in [0.2, 0.25) is 0 Å². The Kier molecular flexibility index (Phi) is 3.83. The van der Waals surface area contributed by atoms with Crippen LogP contribution in [0.15, 0.2) is 11.2 Å². The summed E-state index contributed by atoms with van der Waals surface area (Å²) in [6, 6.07) is 0.774. The second-order valence-electron chi connectivity index (χ2n) is 5.78. The van der Waals surface area contributed by atoms with E-state index < -0.39 is 10.0 Å². The predicted molar refractivity (Wildman–Crippen MR) is 75.9 cm³/mol. The Morgan fingerprint density at radius 1 is 1.45 bits per heavy atom. The molecule has 112 valence electrons. The molecule has 7 heteroatoms. The maximum absolute atomic E-state index is 12.1. The number of H-pyrrole nitrogens is 1. The number of imidazole rings is 1. The molecule has 1 saturated heterocycles. The summed E-state index contributed by atoms with van der Waals surface area (Å²) in [6.45, 7) is 4.59. The Hall–Kier alpha value is -0.920. The van der Waals surface area contributed by atoms with Crippen LogP contribution in [0.3, 0.4) is 0 Å². The number of sulfonamides is 1. The third-order valence-corrected chi connectivity index (χ3v) is 5.51. The van der Waals surface area contributed by atoms with E-state index in [2.05, 4.69) is 19.6 Å². The zero-order valence-corrected chi connectivity index (χ0v) is 12.6. The molecule has 2 fully saturated rings. The number of nitrogens with zero attached hydrogens (tertiary/aromatic N) is 2. The van der Waals surface area contributed by atoms with Gasteiger partial charge in [-0.1, -0.05) is 6.92 Å². The third kappa shape index (κ3) is 3.05. The van der Waals surface area contributed by atoms with E-state index in [1.165, 1.54) is 19.0 Å². The summed E-state index contributed by atoms with van der Waals surface area (Å²) in [5.74, 6) is 1.13. The van der Waals surface area contributed by atoms with Crippen LogP contribution < -0.4 is 4.72 Å². The van der Waals surface area contributed by atoms with E-state index in [0.717, 1.165) is 25.6 Å². The first kappa shape index (κ1) is 14.0. The van der Waals surface area contributed by atoms with Crippen molar-refractivity contribution in [3.63, 3.8) is 0 Å². The Morgan fingerprint density at radius 2 is 2.25 bits per heavy atom. The number of likely N-dealkylation sites (tertiary alicyclic amines) is 1. The van der Waals surface area contributed by atoms with Crippen molar-refractivity contribution < 1.29 is 8.42 Å². The van der Waals surface area contributed by atoms with Crippen LogP contribution in [0.25, 0.3) is 0 Å². The van der Waals surface area contributed by atoms with Crippen LogP contribution in [0.5, 0.6) is 0 Å². The van der Waals surface area contributed by atoms with E-state index in [4.69, 9.17) is 0 Å². The van der Waals surface area contributed by atoms with Crippen molar-refractivity contribution in [2.45, 2.75) is 43.7 Å². The summed E-state index contributed by atoms with van der Waals surface area (Å²) >= 11 is 0. The topological polar surface area (TPSA) is 78.1 Å². The van der Waals surface area contributed by atoms with Crippen molar-refractivity contribution in [2.24, 2.45) is 5.92 Å². The Balaban J connectivity index is 1.54. The van der Waals surface area contributed by atoms with Crippen LogP contribution in [0.4, 0.5) is 0 Å². The van der Waals surface area contributed by atoms with Gasteiger partial charge in [-0.3, -0.25) is 0 Å². The van der Waals surface area contributed by atoms with E-state index in [1.54, 1.807) is 0 Å². The van der Waals surface area contributed by atoms with Gasteiger partial charge in [0, 0.05) is 25.6 Å². The summed E-state index contributed by atoms with van der Waals surface area (Å²) in [5.41, 5.74) is 0. The van der Waals surface area contributed by atoms with Crippen LogP contribution in [0, 0.1) is 5.92 Å². The zero-order valence-electron chi connectivity index (χ0n) is 11.8. The quantitative estimate of drug-likeness (QED) is 0.812. The summed E-state index contributed by atoms with van der Waals surface area (Å²) in [7, 11) is -3.45. The molecule has 1 saturated carbocycles. The zero-order chi connectivity index (χ0) is 14.2. The van der Waals surface area contributed by atoms with E-state index in [1.807, 2.05) is 6.92 Å². The number of aryl methyl sites for hydroxylation is 1. The molecule has 0 unspecified atom stereocenters. The molecule has 0 spiro atoms. The van der Waals surface area contributed by atoms with Crippen molar-refractivity contribution in [1.29, 1.82) is 0 Å².